The van der Waals surface area contributed by atoms with E-state index in [0.717, 1.165) is 25.7 Å². The molecule has 0 aromatic rings. The van der Waals surface area contributed by atoms with Crippen molar-refractivity contribution in [3.05, 3.63) is 0 Å². The zero-order valence-corrected chi connectivity index (χ0v) is 22.0. The van der Waals surface area contributed by atoms with Gasteiger partial charge in [0, 0.05) is 31.8 Å². The Bertz CT molecular complexity index is 666. The first kappa shape index (κ1) is 28.2. The third kappa shape index (κ3) is 10.7. The lowest BCUT2D eigenvalue weighted by Gasteiger charge is -2.34. The van der Waals surface area contributed by atoms with Crippen LogP contribution >= 0.6 is 24.0 Å². The standard InChI is InChI=1S/C19H38N4O4S.HI/c1-8-19(9-2,23-16(24)27-17(3,4)5)13-22-15(20-6)21-12-18(10-11-18)14-28(7,25)26;/h8-14H2,1-7H3,(H,23,24)(H2,20,21,22);1H. The number of rotatable bonds is 9. The van der Waals surface area contributed by atoms with E-state index >= 15 is 0 Å². The molecule has 1 aliphatic rings. The predicted molar refractivity (Wildman–Crippen MR) is 129 cm³/mol. The maximum atomic E-state index is 12.2. The van der Waals surface area contributed by atoms with Crippen molar-refractivity contribution in [3.63, 3.8) is 0 Å². The highest BCUT2D eigenvalue weighted by Crippen LogP contribution is 2.45. The second kappa shape index (κ2) is 11.0. The topological polar surface area (TPSA) is 109 Å². The summed E-state index contributed by atoms with van der Waals surface area (Å²) in [6.07, 6.45) is 4.09. The fourth-order valence-electron chi connectivity index (χ4n) is 3.09. The Kier molecular flexibility index (Phi) is 10.7. The molecule has 0 unspecified atom stereocenters. The van der Waals surface area contributed by atoms with Crippen LogP contribution in [0.2, 0.25) is 0 Å². The van der Waals surface area contributed by atoms with Crippen molar-refractivity contribution < 1.29 is 17.9 Å². The summed E-state index contributed by atoms with van der Waals surface area (Å²) in [7, 11) is -1.33. The van der Waals surface area contributed by atoms with Crippen molar-refractivity contribution in [3.8, 4) is 0 Å². The molecule has 0 spiro atoms. The van der Waals surface area contributed by atoms with E-state index in [1.165, 1.54) is 6.26 Å². The SMILES string of the molecule is CCC(CC)(CNC(=NC)NCC1(CS(C)(=O)=O)CC1)NC(=O)OC(C)(C)C.I. The van der Waals surface area contributed by atoms with Crippen LogP contribution in [0.15, 0.2) is 4.99 Å². The molecule has 0 bridgehead atoms. The number of amides is 1. The molecule has 0 atom stereocenters. The third-order valence-electron chi connectivity index (χ3n) is 5.09. The first-order chi connectivity index (χ1) is 12.8. The fraction of sp³-hybridized carbons (Fsp3) is 0.895. The van der Waals surface area contributed by atoms with Crippen molar-refractivity contribution in [2.45, 2.75) is 71.4 Å². The number of guanidine groups is 1. The lowest BCUT2D eigenvalue weighted by atomic mass is 9.93. The van der Waals surface area contributed by atoms with Crippen LogP contribution in [0.25, 0.3) is 0 Å². The number of sulfone groups is 1. The van der Waals surface area contributed by atoms with Crippen molar-refractivity contribution in [2.24, 2.45) is 10.4 Å². The zero-order valence-electron chi connectivity index (χ0n) is 18.8. The lowest BCUT2D eigenvalue weighted by molar-refractivity contribution is 0.0448. The van der Waals surface area contributed by atoms with Gasteiger partial charge in [0.2, 0.25) is 0 Å². The van der Waals surface area contributed by atoms with Crippen molar-refractivity contribution in [1.82, 2.24) is 16.0 Å². The van der Waals surface area contributed by atoms with Gasteiger partial charge < -0.3 is 20.7 Å². The molecular formula is C19H39IN4O4S. The van der Waals surface area contributed by atoms with E-state index in [1.54, 1.807) is 7.05 Å². The molecule has 1 fully saturated rings. The highest BCUT2D eigenvalue weighted by Gasteiger charge is 2.45. The van der Waals surface area contributed by atoms with Gasteiger partial charge in [-0.15, -0.1) is 24.0 Å². The lowest BCUT2D eigenvalue weighted by Crippen LogP contribution is -2.57. The molecule has 0 aliphatic heterocycles. The van der Waals surface area contributed by atoms with Crippen LogP contribution in [0.4, 0.5) is 4.79 Å². The van der Waals surface area contributed by atoms with Crippen molar-refractivity contribution >= 4 is 45.9 Å². The first-order valence-electron chi connectivity index (χ1n) is 9.91. The quantitative estimate of drug-likeness (QED) is 0.233. The molecule has 0 heterocycles. The average molecular weight is 547 g/mol. The minimum absolute atomic E-state index is 0. The van der Waals surface area contributed by atoms with Gasteiger partial charge in [-0.25, -0.2) is 13.2 Å². The molecule has 1 aliphatic carbocycles. The molecule has 3 N–H and O–H groups in total. The highest BCUT2D eigenvalue weighted by atomic mass is 127. The Hall–Kier alpha value is -0.780. The van der Waals surface area contributed by atoms with Gasteiger partial charge in [0.1, 0.15) is 15.4 Å². The van der Waals surface area contributed by atoms with Crippen LogP contribution < -0.4 is 16.0 Å². The van der Waals surface area contributed by atoms with E-state index in [4.69, 9.17) is 4.74 Å². The first-order valence-corrected chi connectivity index (χ1v) is 12.0. The van der Waals surface area contributed by atoms with E-state index in [2.05, 4.69) is 20.9 Å². The minimum atomic E-state index is -3.01. The molecule has 1 saturated carbocycles. The normalized spacial score (nSPS) is 16.4. The molecule has 0 saturated heterocycles. The van der Waals surface area contributed by atoms with E-state index in [0.29, 0.717) is 19.0 Å². The summed E-state index contributed by atoms with van der Waals surface area (Å²) in [5.74, 6) is 0.787. The van der Waals surface area contributed by atoms with Crippen LogP contribution in [-0.4, -0.2) is 63.8 Å². The smallest absolute Gasteiger partial charge is 0.408 e. The van der Waals surface area contributed by atoms with Gasteiger partial charge >= 0.3 is 6.09 Å². The molecule has 1 rings (SSSR count). The molecule has 29 heavy (non-hydrogen) atoms. The monoisotopic (exact) mass is 546 g/mol. The number of hydrogen-bond donors (Lipinski definition) is 3. The number of nitrogens with one attached hydrogen (secondary N) is 3. The number of carbonyl (C=O) groups excluding carboxylic acids is 1. The number of hydrogen-bond acceptors (Lipinski definition) is 5. The van der Waals surface area contributed by atoms with Gasteiger partial charge in [-0.3, -0.25) is 4.99 Å². The van der Waals surface area contributed by atoms with Crippen LogP contribution in [0.3, 0.4) is 0 Å². The Labute approximate surface area is 193 Å². The molecular weight excluding hydrogens is 507 g/mol. The minimum Gasteiger partial charge on any atom is -0.444 e. The molecule has 0 aromatic heterocycles. The molecule has 10 heteroatoms. The van der Waals surface area contributed by atoms with Crippen LogP contribution in [-0.2, 0) is 14.6 Å². The number of halogens is 1. The van der Waals surface area contributed by atoms with Crippen LogP contribution in [0.1, 0.15) is 60.3 Å². The van der Waals surface area contributed by atoms with E-state index < -0.39 is 27.1 Å². The summed E-state index contributed by atoms with van der Waals surface area (Å²) in [5, 5.41) is 9.50. The van der Waals surface area contributed by atoms with Gasteiger partial charge in [0.25, 0.3) is 0 Å². The third-order valence-corrected chi connectivity index (χ3v) is 6.23. The van der Waals surface area contributed by atoms with Crippen molar-refractivity contribution in [2.75, 3.05) is 32.1 Å². The fourth-order valence-corrected chi connectivity index (χ4v) is 4.59. The summed E-state index contributed by atoms with van der Waals surface area (Å²) in [6.45, 7) is 10.6. The summed E-state index contributed by atoms with van der Waals surface area (Å²) < 4.78 is 28.6. The van der Waals surface area contributed by atoms with Gasteiger partial charge in [-0.05, 0) is 46.5 Å². The van der Waals surface area contributed by atoms with Gasteiger partial charge in [0.05, 0.1) is 11.3 Å². The summed E-state index contributed by atoms with van der Waals surface area (Å²) >= 11 is 0. The van der Waals surface area contributed by atoms with Crippen molar-refractivity contribution in [1.29, 1.82) is 0 Å². The number of ether oxygens (including phenoxy) is 1. The summed E-state index contributed by atoms with van der Waals surface area (Å²) in [5.41, 5.74) is -1.21. The maximum absolute atomic E-state index is 12.2. The number of aliphatic imine (C=N–C) groups is 1. The van der Waals surface area contributed by atoms with Gasteiger partial charge in [-0.2, -0.15) is 0 Å². The number of alkyl carbamates (subject to hydrolysis) is 1. The average Bonchev–Trinajstić information content (AvgIpc) is 3.29. The predicted octanol–water partition coefficient (Wildman–Crippen LogP) is 2.68. The van der Waals surface area contributed by atoms with E-state index in [1.807, 2.05) is 34.6 Å². The second-order valence-electron chi connectivity index (χ2n) is 8.96. The number of nitrogens with zero attached hydrogens (tertiary/aromatic N) is 1. The van der Waals surface area contributed by atoms with E-state index in [-0.39, 0.29) is 35.1 Å². The zero-order chi connectivity index (χ0) is 21.6. The largest absolute Gasteiger partial charge is 0.444 e. The summed E-state index contributed by atoms with van der Waals surface area (Å²) in [6, 6.07) is 0. The molecule has 1 amide bonds. The Balaban J connectivity index is 0.00000784. The Morgan fingerprint density at radius 1 is 1.14 bits per heavy atom. The maximum Gasteiger partial charge on any atom is 0.408 e. The molecule has 0 aromatic carbocycles. The highest BCUT2D eigenvalue weighted by molar-refractivity contribution is 14.0. The van der Waals surface area contributed by atoms with E-state index in [9.17, 15) is 13.2 Å². The van der Waals surface area contributed by atoms with Crippen LogP contribution in [0.5, 0.6) is 0 Å². The van der Waals surface area contributed by atoms with Gasteiger partial charge in [-0.1, -0.05) is 13.8 Å². The molecule has 8 nitrogen and oxygen atoms in total. The Morgan fingerprint density at radius 2 is 1.69 bits per heavy atom. The molecule has 0 radical (unpaired) electrons. The second-order valence-corrected chi connectivity index (χ2v) is 11.1. The summed E-state index contributed by atoms with van der Waals surface area (Å²) in [4.78, 5) is 16.5. The van der Waals surface area contributed by atoms with Crippen LogP contribution in [0, 0.1) is 5.41 Å². The Morgan fingerprint density at radius 3 is 2.07 bits per heavy atom. The number of carbonyl (C=O) groups is 1. The van der Waals surface area contributed by atoms with Gasteiger partial charge in [0.15, 0.2) is 5.96 Å². The molecule has 172 valence electrons.